The summed E-state index contributed by atoms with van der Waals surface area (Å²) in [5.41, 5.74) is 2.63. The molecule has 0 saturated heterocycles. The number of benzene rings is 2. The van der Waals surface area contributed by atoms with Crippen LogP contribution in [-0.4, -0.2) is 15.9 Å². The van der Waals surface area contributed by atoms with Gasteiger partial charge in [-0.25, -0.2) is 4.98 Å². The summed E-state index contributed by atoms with van der Waals surface area (Å²) < 4.78 is 0. The van der Waals surface area contributed by atoms with E-state index in [9.17, 15) is 4.79 Å². The topological polar surface area (TPSA) is 90.7 Å². The molecule has 140 valence electrons. The van der Waals surface area contributed by atoms with E-state index in [1.165, 1.54) is 6.92 Å². The summed E-state index contributed by atoms with van der Waals surface area (Å²) in [6.07, 6.45) is 0.371. The van der Waals surface area contributed by atoms with Crippen LogP contribution in [0.5, 0.6) is 0 Å². The first kappa shape index (κ1) is 19.6. The third kappa shape index (κ3) is 4.97. The van der Waals surface area contributed by atoms with Gasteiger partial charge in [0.25, 0.3) is 0 Å². The molecule has 0 atom stereocenters. The van der Waals surface area contributed by atoms with Crippen LogP contribution in [0.2, 0.25) is 10.0 Å². The second kappa shape index (κ2) is 8.70. The smallest absolute Gasteiger partial charge is 0.229 e. The molecule has 8 heteroatoms. The van der Waals surface area contributed by atoms with E-state index in [-0.39, 0.29) is 5.91 Å². The van der Waals surface area contributed by atoms with Crippen LogP contribution in [0.4, 0.5) is 17.5 Å². The van der Waals surface area contributed by atoms with Gasteiger partial charge >= 0.3 is 0 Å². The highest BCUT2D eigenvalue weighted by Gasteiger charge is 2.11. The SMILES string of the molecule is CC(=O)Nc1cc(Cc2c(Cl)cccc2Cl)nc(Nc2ccc(C#N)cc2)n1. The fourth-order valence-corrected chi connectivity index (χ4v) is 3.06. The number of halogens is 2. The van der Waals surface area contributed by atoms with E-state index >= 15 is 0 Å². The summed E-state index contributed by atoms with van der Waals surface area (Å²) in [5, 5.41) is 15.7. The van der Waals surface area contributed by atoms with Crippen LogP contribution in [0.3, 0.4) is 0 Å². The minimum absolute atomic E-state index is 0.246. The van der Waals surface area contributed by atoms with Crippen molar-refractivity contribution < 1.29 is 4.79 Å². The Balaban J connectivity index is 1.94. The molecule has 0 spiro atoms. The van der Waals surface area contributed by atoms with E-state index in [2.05, 4.69) is 26.7 Å². The van der Waals surface area contributed by atoms with Crippen LogP contribution in [0.1, 0.15) is 23.7 Å². The van der Waals surface area contributed by atoms with Gasteiger partial charge in [0.1, 0.15) is 5.82 Å². The van der Waals surface area contributed by atoms with Crippen molar-refractivity contribution in [3.05, 3.63) is 75.4 Å². The Bertz CT molecular complexity index is 1040. The Morgan fingerprint density at radius 2 is 1.79 bits per heavy atom. The Hall–Kier alpha value is -3.14. The van der Waals surface area contributed by atoms with Gasteiger partial charge in [0, 0.05) is 35.1 Å². The molecular formula is C20H15Cl2N5O. The Kier molecular flexibility index (Phi) is 6.09. The van der Waals surface area contributed by atoms with E-state index < -0.39 is 0 Å². The number of nitrogens with zero attached hydrogens (tertiary/aromatic N) is 3. The summed E-state index contributed by atoms with van der Waals surface area (Å²) in [4.78, 5) is 20.3. The molecule has 0 unspecified atom stereocenters. The van der Waals surface area contributed by atoms with E-state index in [0.717, 1.165) is 5.56 Å². The normalized spacial score (nSPS) is 10.2. The van der Waals surface area contributed by atoms with Gasteiger partial charge in [-0.1, -0.05) is 29.3 Å². The molecule has 1 heterocycles. The average molecular weight is 412 g/mol. The molecule has 3 aromatic rings. The van der Waals surface area contributed by atoms with E-state index in [4.69, 9.17) is 28.5 Å². The predicted molar refractivity (Wildman–Crippen MR) is 110 cm³/mol. The van der Waals surface area contributed by atoms with Crippen LogP contribution < -0.4 is 10.6 Å². The standard InChI is InChI=1S/C20H15Cl2N5O/c1-12(28)24-19-10-15(9-16-17(21)3-2-4-18(16)22)26-20(27-19)25-14-7-5-13(11-23)6-8-14/h2-8,10H,9H2,1H3,(H2,24,25,26,27,28). The number of hydrogen-bond acceptors (Lipinski definition) is 5. The van der Waals surface area contributed by atoms with Crippen molar-refractivity contribution in [3.8, 4) is 6.07 Å². The van der Waals surface area contributed by atoms with Gasteiger partial charge < -0.3 is 10.6 Å². The second-order valence-electron chi connectivity index (χ2n) is 5.94. The third-order valence-electron chi connectivity index (χ3n) is 3.77. The second-order valence-corrected chi connectivity index (χ2v) is 6.75. The van der Waals surface area contributed by atoms with Gasteiger partial charge in [-0.05, 0) is 42.0 Å². The number of aromatic nitrogens is 2. The molecule has 0 aliphatic carbocycles. The molecule has 0 radical (unpaired) electrons. The van der Waals surface area contributed by atoms with Crippen molar-refractivity contribution in [3.63, 3.8) is 0 Å². The van der Waals surface area contributed by atoms with Crippen molar-refractivity contribution in [2.45, 2.75) is 13.3 Å². The van der Waals surface area contributed by atoms with Crippen LogP contribution in [-0.2, 0) is 11.2 Å². The zero-order valence-corrected chi connectivity index (χ0v) is 16.3. The van der Waals surface area contributed by atoms with E-state index in [0.29, 0.717) is 45.2 Å². The average Bonchev–Trinajstić information content (AvgIpc) is 2.65. The van der Waals surface area contributed by atoms with Crippen molar-refractivity contribution in [2.75, 3.05) is 10.6 Å². The summed E-state index contributed by atoms with van der Waals surface area (Å²) in [6.45, 7) is 1.40. The Morgan fingerprint density at radius 1 is 1.11 bits per heavy atom. The predicted octanol–water partition coefficient (Wildman–Crippen LogP) is 4.95. The van der Waals surface area contributed by atoms with Crippen LogP contribution in [0.25, 0.3) is 0 Å². The zero-order valence-electron chi connectivity index (χ0n) is 14.8. The Morgan fingerprint density at radius 3 is 2.39 bits per heavy atom. The summed E-state index contributed by atoms with van der Waals surface area (Å²) in [5.74, 6) is 0.413. The molecule has 0 aliphatic heterocycles. The van der Waals surface area contributed by atoms with Crippen LogP contribution in [0.15, 0.2) is 48.5 Å². The minimum atomic E-state index is -0.246. The molecule has 2 N–H and O–H groups in total. The number of hydrogen-bond donors (Lipinski definition) is 2. The molecule has 3 rings (SSSR count). The number of anilines is 3. The minimum Gasteiger partial charge on any atom is -0.324 e. The molecule has 0 fully saturated rings. The van der Waals surface area contributed by atoms with Gasteiger partial charge in [0.15, 0.2) is 0 Å². The Labute approximate surface area is 172 Å². The monoisotopic (exact) mass is 411 g/mol. The lowest BCUT2D eigenvalue weighted by Gasteiger charge is -2.11. The van der Waals surface area contributed by atoms with Crippen molar-refractivity contribution in [2.24, 2.45) is 0 Å². The van der Waals surface area contributed by atoms with Crippen molar-refractivity contribution in [1.29, 1.82) is 5.26 Å². The molecule has 0 bridgehead atoms. The highest BCUT2D eigenvalue weighted by molar-refractivity contribution is 6.36. The fraction of sp³-hybridized carbons (Fsp3) is 0.100. The third-order valence-corrected chi connectivity index (χ3v) is 4.48. The first-order valence-corrected chi connectivity index (χ1v) is 9.06. The number of nitrogens with one attached hydrogen (secondary N) is 2. The lowest BCUT2D eigenvalue weighted by atomic mass is 10.1. The van der Waals surface area contributed by atoms with Crippen LogP contribution in [0, 0.1) is 11.3 Å². The number of amides is 1. The molecule has 6 nitrogen and oxygen atoms in total. The maximum Gasteiger partial charge on any atom is 0.229 e. The highest BCUT2D eigenvalue weighted by atomic mass is 35.5. The lowest BCUT2D eigenvalue weighted by Crippen LogP contribution is -2.11. The molecule has 1 amide bonds. The zero-order chi connectivity index (χ0) is 20.1. The van der Waals surface area contributed by atoms with Gasteiger partial charge in [-0.15, -0.1) is 0 Å². The number of rotatable bonds is 5. The quantitative estimate of drug-likeness (QED) is 0.619. The van der Waals surface area contributed by atoms with Gasteiger partial charge in [0.05, 0.1) is 17.3 Å². The van der Waals surface area contributed by atoms with Gasteiger partial charge in [-0.2, -0.15) is 10.2 Å². The molecular weight excluding hydrogens is 397 g/mol. The summed E-state index contributed by atoms with van der Waals surface area (Å²) in [6, 6.07) is 15.9. The molecule has 28 heavy (non-hydrogen) atoms. The van der Waals surface area contributed by atoms with E-state index in [1.54, 1.807) is 48.5 Å². The molecule has 2 aromatic carbocycles. The van der Waals surface area contributed by atoms with Crippen molar-refractivity contribution in [1.82, 2.24) is 9.97 Å². The summed E-state index contributed by atoms with van der Waals surface area (Å²) >= 11 is 12.5. The van der Waals surface area contributed by atoms with E-state index in [1.807, 2.05) is 0 Å². The maximum atomic E-state index is 11.5. The number of nitriles is 1. The van der Waals surface area contributed by atoms with Crippen LogP contribution >= 0.6 is 23.2 Å². The van der Waals surface area contributed by atoms with Gasteiger partial charge in [-0.3, -0.25) is 4.79 Å². The summed E-state index contributed by atoms with van der Waals surface area (Å²) in [7, 11) is 0. The first-order chi connectivity index (χ1) is 13.4. The molecule has 1 aromatic heterocycles. The first-order valence-electron chi connectivity index (χ1n) is 8.30. The highest BCUT2D eigenvalue weighted by Crippen LogP contribution is 2.27. The lowest BCUT2D eigenvalue weighted by molar-refractivity contribution is -0.114. The van der Waals surface area contributed by atoms with Gasteiger partial charge in [0.2, 0.25) is 11.9 Å². The largest absolute Gasteiger partial charge is 0.324 e. The molecule has 0 aliphatic rings. The fourth-order valence-electron chi connectivity index (χ4n) is 2.53. The van der Waals surface area contributed by atoms with Crippen molar-refractivity contribution >= 4 is 46.6 Å². The molecule has 0 saturated carbocycles. The number of carbonyl (C=O) groups is 1. The number of carbonyl (C=O) groups excluding carboxylic acids is 1. The maximum absolute atomic E-state index is 11.5.